The Morgan fingerprint density at radius 2 is 2.27 bits per heavy atom. The molecule has 0 fully saturated rings. The Kier molecular flexibility index (Phi) is 2.03. The van der Waals surface area contributed by atoms with Crippen molar-refractivity contribution < 1.29 is 0 Å². The van der Waals surface area contributed by atoms with Crippen molar-refractivity contribution in [1.29, 1.82) is 5.26 Å². The van der Waals surface area contributed by atoms with Crippen molar-refractivity contribution >= 4 is 5.82 Å². The molecular formula is C10H8N4O. The highest BCUT2D eigenvalue weighted by atomic mass is 16.1. The lowest BCUT2D eigenvalue weighted by Gasteiger charge is -2.01. The van der Waals surface area contributed by atoms with E-state index in [1.54, 1.807) is 24.5 Å². The van der Waals surface area contributed by atoms with Gasteiger partial charge in [-0.25, -0.2) is 0 Å². The minimum absolute atomic E-state index is 0.0730. The molecule has 5 nitrogen and oxygen atoms in total. The van der Waals surface area contributed by atoms with Gasteiger partial charge in [-0.1, -0.05) is 0 Å². The molecule has 5 heteroatoms. The quantitative estimate of drug-likeness (QED) is 0.635. The summed E-state index contributed by atoms with van der Waals surface area (Å²) in [7, 11) is 0. The van der Waals surface area contributed by atoms with Crippen molar-refractivity contribution in [2.45, 2.75) is 0 Å². The van der Waals surface area contributed by atoms with Crippen LogP contribution in [-0.2, 0) is 0 Å². The number of aromatic nitrogens is 2. The monoisotopic (exact) mass is 200 g/mol. The van der Waals surface area contributed by atoms with Gasteiger partial charge in [0.2, 0.25) is 0 Å². The van der Waals surface area contributed by atoms with Crippen LogP contribution in [0.3, 0.4) is 0 Å². The summed E-state index contributed by atoms with van der Waals surface area (Å²) < 4.78 is 0. The minimum atomic E-state index is -0.464. The lowest BCUT2D eigenvalue weighted by molar-refractivity contribution is 1.22. The molecule has 74 valence electrons. The first-order valence-electron chi connectivity index (χ1n) is 4.28. The highest BCUT2D eigenvalue weighted by Crippen LogP contribution is 2.21. The summed E-state index contributed by atoms with van der Waals surface area (Å²) in [5.41, 5.74) is 6.43. The number of aromatic amines is 2. The third kappa shape index (κ3) is 1.48. The molecule has 0 aliphatic carbocycles. The van der Waals surface area contributed by atoms with Gasteiger partial charge in [0.1, 0.15) is 17.5 Å². The molecule has 0 aromatic carbocycles. The first-order chi connectivity index (χ1) is 7.22. The second-order valence-corrected chi connectivity index (χ2v) is 3.05. The van der Waals surface area contributed by atoms with Crippen LogP contribution in [0, 0.1) is 11.3 Å². The summed E-state index contributed by atoms with van der Waals surface area (Å²) in [5, 5.41) is 8.87. The standard InChI is InChI=1S/C10H8N4O/c11-4-8-7(6-1-2-13-5-6)3-9(12)14-10(8)15/h1-3,5,13H,(H3,12,14,15). The summed E-state index contributed by atoms with van der Waals surface area (Å²) in [6, 6.07) is 5.21. The van der Waals surface area contributed by atoms with Crippen LogP contribution in [0.4, 0.5) is 5.82 Å². The molecule has 2 heterocycles. The van der Waals surface area contributed by atoms with E-state index in [0.29, 0.717) is 5.56 Å². The Morgan fingerprint density at radius 3 is 2.87 bits per heavy atom. The summed E-state index contributed by atoms with van der Waals surface area (Å²) in [4.78, 5) is 16.7. The van der Waals surface area contributed by atoms with Crippen LogP contribution in [0.1, 0.15) is 5.56 Å². The van der Waals surface area contributed by atoms with Crippen molar-refractivity contribution in [2.75, 3.05) is 5.73 Å². The zero-order valence-corrected chi connectivity index (χ0v) is 7.74. The first-order valence-corrected chi connectivity index (χ1v) is 4.28. The molecule has 0 saturated heterocycles. The van der Waals surface area contributed by atoms with Crippen molar-refractivity contribution in [3.63, 3.8) is 0 Å². The number of H-pyrrole nitrogens is 2. The van der Waals surface area contributed by atoms with Crippen LogP contribution >= 0.6 is 0 Å². The molecule has 0 aliphatic heterocycles. The number of nitrogen functional groups attached to an aromatic ring is 1. The number of hydrogen-bond donors (Lipinski definition) is 3. The van der Waals surface area contributed by atoms with E-state index in [4.69, 9.17) is 11.0 Å². The van der Waals surface area contributed by atoms with Crippen LogP contribution in [0.2, 0.25) is 0 Å². The Labute approximate surface area is 85.2 Å². The van der Waals surface area contributed by atoms with Crippen LogP contribution in [-0.4, -0.2) is 9.97 Å². The number of nitrogens with two attached hydrogens (primary N) is 1. The van der Waals surface area contributed by atoms with Crippen molar-refractivity contribution in [3.05, 3.63) is 40.4 Å². The lowest BCUT2D eigenvalue weighted by atomic mass is 10.1. The third-order valence-electron chi connectivity index (χ3n) is 2.07. The number of rotatable bonds is 1. The second-order valence-electron chi connectivity index (χ2n) is 3.05. The van der Waals surface area contributed by atoms with Crippen LogP contribution in [0.5, 0.6) is 0 Å². The second kappa shape index (κ2) is 3.35. The maximum absolute atomic E-state index is 11.4. The Hall–Kier alpha value is -2.48. The minimum Gasteiger partial charge on any atom is -0.385 e. The van der Waals surface area contributed by atoms with Crippen LogP contribution in [0.25, 0.3) is 11.1 Å². The molecule has 4 N–H and O–H groups in total. The molecule has 0 amide bonds. The highest BCUT2D eigenvalue weighted by Gasteiger charge is 2.10. The highest BCUT2D eigenvalue weighted by molar-refractivity contribution is 5.71. The van der Waals surface area contributed by atoms with Gasteiger partial charge in [0.05, 0.1) is 0 Å². The van der Waals surface area contributed by atoms with Crippen LogP contribution in [0.15, 0.2) is 29.3 Å². The van der Waals surface area contributed by atoms with Gasteiger partial charge in [-0.15, -0.1) is 0 Å². The van der Waals surface area contributed by atoms with Crippen molar-refractivity contribution in [2.24, 2.45) is 0 Å². The number of pyridine rings is 1. The van der Waals surface area contributed by atoms with Gasteiger partial charge in [-0.05, 0) is 12.1 Å². The first kappa shape index (κ1) is 9.09. The van der Waals surface area contributed by atoms with Crippen molar-refractivity contribution in [3.8, 4) is 17.2 Å². The molecule has 0 atom stereocenters. The van der Waals surface area contributed by atoms with E-state index in [1.807, 2.05) is 6.07 Å². The number of nitrogens with zero attached hydrogens (tertiary/aromatic N) is 1. The van der Waals surface area contributed by atoms with Gasteiger partial charge < -0.3 is 15.7 Å². The molecule has 2 rings (SSSR count). The molecule has 0 radical (unpaired) electrons. The van der Waals surface area contributed by atoms with Crippen LogP contribution < -0.4 is 11.3 Å². The summed E-state index contributed by atoms with van der Waals surface area (Å²) in [6.45, 7) is 0. The third-order valence-corrected chi connectivity index (χ3v) is 2.07. The molecule has 0 saturated carbocycles. The van der Waals surface area contributed by atoms with Gasteiger partial charge in [0.25, 0.3) is 5.56 Å². The predicted octanol–water partition coefficient (Wildman–Crippen LogP) is 0.824. The molecule has 15 heavy (non-hydrogen) atoms. The summed E-state index contributed by atoms with van der Waals surface area (Å²) >= 11 is 0. The number of hydrogen-bond acceptors (Lipinski definition) is 3. The molecule has 0 bridgehead atoms. The van der Waals surface area contributed by atoms with E-state index in [1.165, 1.54) is 0 Å². The molecule has 0 unspecified atom stereocenters. The van der Waals surface area contributed by atoms with E-state index < -0.39 is 5.56 Å². The SMILES string of the molecule is N#Cc1c(-c2cc[nH]c2)cc(N)[nH]c1=O. The molecule has 0 spiro atoms. The average Bonchev–Trinajstić information content (AvgIpc) is 2.69. The topological polar surface area (TPSA) is 98.5 Å². The zero-order valence-electron chi connectivity index (χ0n) is 7.74. The van der Waals surface area contributed by atoms with E-state index in [9.17, 15) is 4.79 Å². The van der Waals surface area contributed by atoms with E-state index >= 15 is 0 Å². The molecule has 0 aliphatic rings. The van der Waals surface area contributed by atoms with Gasteiger partial charge in [0.15, 0.2) is 0 Å². The summed E-state index contributed by atoms with van der Waals surface area (Å²) in [5.74, 6) is 0.246. The number of nitriles is 1. The Bertz CT molecular complexity index is 574. The maximum atomic E-state index is 11.4. The van der Waals surface area contributed by atoms with Gasteiger partial charge in [-0.3, -0.25) is 4.79 Å². The normalized spacial score (nSPS) is 9.80. The van der Waals surface area contributed by atoms with Crippen molar-refractivity contribution in [1.82, 2.24) is 9.97 Å². The average molecular weight is 200 g/mol. The predicted molar refractivity (Wildman–Crippen MR) is 56.0 cm³/mol. The Morgan fingerprint density at radius 1 is 1.47 bits per heavy atom. The molecule has 2 aromatic heterocycles. The lowest BCUT2D eigenvalue weighted by Crippen LogP contribution is -2.13. The number of anilines is 1. The molecular weight excluding hydrogens is 192 g/mol. The zero-order chi connectivity index (χ0) is 10.8. The van der Waals surface area contributed by atoms with E-state index in [0.717, 1.165) is 5.56 Å². The van der Waals surface area contributed by atoms with Gasteiger partial charge in [-0.2, -0.15) is 5.26 Å². The fourth-order valence-corrected chi connectivity index (χ4v) is 1.41. The Balaban J connectivity index is 2.77. The van der Waals surface area contributed by atoms with E-state index in [2.05, 4.69) is 9.97 Å². The largest absolute Gasteiger partial charge is 0.385 e. The van der Waals surface area contributed by atoms with Gasteiger partial charge in [0, 0.05) is 23.5 Å². The fourth-order valence-electron chi connectivity index (χ4n) is 1.41. The number of nitrogens with one attached hydrogen (secondary N) is 2. The smallest absolute Gasteiger partial charge is 0.268 e. The van der Waals surface area contributed by atoms with Gasteiger partial charge >= 0.3 is 0 Å². The summed E-state index contributed by atoms with van der Waals surface area (Å²) in [6.07, 6.45) is 3.42. The fraction of sp³-hybridized carbons (Fsp3) is 0. The van der Waals surface area contributed by atoms with E-state index in [-0.39, 0.29) is 11.4 Å². The molecule has 2 aromatic rings. The maximum Gasteiger partial charge on any atom is 0.268 e.